The minimum Gasteiger partial charge on any atom is -0.313 e. The number of hydrogen-bond acceptors (Lipinski definition) is 1. The summed E-state index contributed by atoms with van der Waals surface area (Å²) in [5.41, 5.74) is 1.20. The van der Waals surface area contributed by atoms with E-state index in [2.05, 4.69) is 12.2 Å². The van der Waals surface area contributed by atoms with E-state index in [1.54, 1.807) is 0 Å². The zero-order valence-corrected chi connectivity index (χ0v) is 7.06. The lowest BCUT2D eigenvalue weighted by atomic mass is 10.2. The van der Waals surface area contributed by atoms with Crippen LogP contribution in [-0.4, -0.2) is 6.54 Å². The molecule has 1 N–H and O–H groups in total. The average molecular weight is 169 g/mol. The van der Waals surface area contributed by atoms with Gasteiger partial charge in [0.1, 0.15) is 0 Å². The molecule has 1 aromatic carbocycles. The predicted octanol–water partition coefficient (Wildman–Crippen LogP) is 2.26. The molecule has 0 spiro atoms. The summed E-state index contributed by atoms with van der Waals surface area (Å²) in [5, 5.41) is 3.91. The molecule has 2 heteroatoms. The Balaban J connectivity index is 2.56. The first-order valence-electron chi connectivity index (χ1n) is 3.57. The zero-order valence-electron chi connectivity index (χ0n) is 6.31. The van der Waals surface area contributed by atoms with Crippen molar-refractivity contribution in [3.63, 3.8) is 0 Å². The Bertz CT molecular complexity index is 223. The fraction of sp³-hybridized carbons (Fsp3) is 0.222. The maximum atomic E-state index is 5.78. The first kappa shape index (κ1) is 8.57. The van der Waals surface area contributed by atoms with Crippen molar-refractivity contribution in [2.24, 2.45) is 0 Å². The van der Waals surface area contributed by atoms with Crippen LogP contribution in [0.4, 0.5) is 0 Å². The van der Waals surface area contributed by atoms with Crippen LogP contribution >= 0.6 is 11.6 Å². The van der Waals surface area contributed by atoms with Crippen LogP contribution in [0.15, 0.2) is 24.3 Å². The Morgan fingerprint density at radius 1 is 1.45 bits per heavy atom. The molecule has 0 unspecified atom stereocenters. The highest BCUT2D eigenvalue weighted by Crippen LogP contribution is 2.09. The molecule has 0 aliphatic rings. The van der Waals surface area contributed by atoms with Crippen LogP contribution in [0.2, 0.25) is 5.02 Å². The molecular weight excluding hydrogens is 158 g/mol. The van der Waals surface area contributed by atoms with E-state index in [0.29, 0.717) is 0 Å². The van der Waals surface area contributed by atoms with E-state index >= 15 is 0 Å². The lowest BCUT2D eigenvalue weighted by Crippen LogP contribution is -2.11. The summed E-state index contributed by atoms with van der Waals surface area (Å²) in [5.74, 6) is 0. The number of hydrogen-bond donors (Lipinski definition) is 1. The third-order valence-electron chi connectivity index (χ3n) is 1.39. The van der Waals surface area contributed by atoms with Crippen LogP contribution in [0.1, 0.15) is 5.56 Å². The van der Waals surface area contributed by atoms with Crippen molar-refractivity contribution in [1.82, 2.24) is 5.32 Å². The summed E-state index contributed by atoms with van der Waals surface area (Å²) < 4.78 is 0. The molecule has 0 heterocycles. The van der Waals surface area contributed by atoms with Gasteiger partial charge in [0.05, 0.1) is 0 Å². The molecule has 0 atom stereocenters. The van der Waals surface area contributed by atoms with E-state index < -0.39 is 0 Å². The van der Waals surface area contributed by atoms with Crippen LogP contribution in [0.3, 0.4) is 0 Å². The molecule has 0 aromatic heterocycles. The Morgan fingerprint density at radius 3 is 2.91 bits per heavy atom. The fourth-order valence-electron chi connectivity index (χ4n) is 0.880. The van der Waals surface area contributed by atoms with Gasteiger partial charge < -0.3 is 5.32 Å². The van der Waals surface area contributed by atoms with Gasteiger partial charge in [-0.15, -0.1) is 0 Å². The highest BCUT2D eigenvalue weighted by Gasteiger charge is 1.91. The van der Waals surface area contributed by atoms with Crippen molar-refractivity contribution in [1.29, 1.82) is 0 Å². The molecule has 59 valence electrons. The van der Waals surface area contributed by atoms with Gasteiger partial charge in [0.25, 0.3) is 0 Å². The summed E-state index contributed by atoms with van der Waals surface area (Å²) in [6, 6.07) is 7.80. The second-order valence-corrected chi connectivity index (χ2v) is 2.74. The maximum Gasteiger partial charge on any atom is 0.0409 e. The van der Waals surface area contributed by atoms with Crippen LogP contribution in [0, 0.1) is 6.92 Å². The van der Waals surface area contributed by atoms with Gasteiger partial charge in [0.15, 0.2) is 0 Å². The smallest absolute Gasteiger partial charge is 0.0409 e. The van der Waals surface area contributed by atoms with Crippen LogP contribution in [0.25, 0.3) is 0 Å². The highest BCUT2D eigenvalue weighted by atomic mass is 35.5. The van der Waals surface area contributed by atoms with Crippen molar-refractivity contribution < 1.29 is 0 Å². The molecule has 1 nitrogen and oxygen atoms in total. The summed E-state index contributed by atoms with van der Waals surface area (Å²) in [6.07, 6.45) is 0. The molecule has 1 aromatic rings. The Hall–Kier alpha value is -0.530. The molecule has 0 aliphatic carbocycles. The SMILES string of the molecule is [CH2]CNCc1cccc(Cl)c1. The van der Waals surface area contributed by atoms with Crippen molar-refractivity contribution in [2.45, 2.75) is 6.54 Å². The molecule has 11 heavy (non-hydrogen) atoms. The molecule has 0 saturated carbocycles. The zero-order chi connectivity index (χ0) is 8.10. The summed E-state index contributed by atoms with van der Waals surface area (Å²) >= 11 is 5.78. The molecule has 0 amide bonds. The van der Waals surface area contributed by atoms with Crippen LogP contribution in [-0.2, 0) is 6.54 Å². The van der Waals surface area contributed by atoms with Gasteiger partial charge in [0.2, 0.25) is 0 Å². The van der Waals surface area contributed by atoms with Gasteiger partial charge in [-0.3, -0.25) is 0 Å². The molecule has 1 radical (unpaired) electrons. The number of rotatable bonds is 3. The van der Waals surface area contributed by atoms with Gasteiger partial charge in [-0.25, -0.2) is 0 Å². The number of benzene rings is 1. The van der Waals surface area contributed by atoms with Crippen molar-refractivity contribution in [2.75, 3.05) is 6.54 Å². The fourth-order valence-corrected chi connectivity index (χ4v) is 1.09. The third-order valence-corrected chi connectivity index (χ3v) is 1.63. The van der Waals surface area contributed by atoms with Gasteiger partial charge in [0, 0.05) is 11.6 Å². The minimum atomic E-state index is 0.743. The lowest BCUT2D eigenvalue weighted by molar-refractivity contribution is 0.758. The molecule has 1 rings (SSSR count). The van der Waals surface area contributed by atoms with Crippen molar-refractivity contribution in [3.05, 3.63) is 41.8 Å². The van der Waals surface area contributed by atoms with Crippen molar-refractivity contribution in [3.8, 4) is 0 Å². The normalized spacial score (nSPS) is 10.0. The largest absolute Gasteiger partial charge is 0.313 e. The summed E-state index contributed by atoms with van der Waals surface area (Å²) in [7, 11) is 0. The topological polar surface area (TPSA) is 12.0 Å². The van der Waals surface area contributed by atoms with E-state index in [1.165, 1.54) is 5.56 Å². The minimum absolute atomic E-state index is 0.743. The van der Waals surface area contributed by atoms with Gasteiger partial charge >= 0.3 is 0 Å². The average Bonchev–Trinajstić information content (AvgIpc) is 2.01. The second-order valence-electron chi connectivity index (χ2n) is 2.31. The van der Waals surface area contributed by atoms with E-state index in [-0.39, 0.29) is 0 Å². The molecule has 0 aliphatic heterocycles. The molecule has 0 bridgehead atoms. The van der Waals surface area contributed by atoms with E-state index in [0.717, 1.165) is 18.1 Å². The number of halogens is 1. The predicted molar refractivity (Wildman–Crippen MR) is 48.5 cm³/mol. The van der Waals surface area contributed by atoms with Crippen molar-refractivity contribution >= 4 is 11.6 Å². The molecular formula is C9H11ClN. The second kappa shape index (κ2) is 4.37. The number of nitrogens with one attached hydrogen (secondary N) is 1. The maximum absolute atomic E-state index is 5.78. The summed E-state index contributed by atoms with van der Waals surface area (Å²) in [6.45, 7) is 5.26. The van der Waals surface area contributed by atoms with Crippen LogP contribution in [0.5, 0.6) is 0 Å². The first-order valence-corrected chi connectivity index (χ1v) is 3.95. The monoisotopic (exact) mass is 168 g/mol. The Kier molecular flexibility index (Phi) is 3.40. The summed E-state index contributed by atoms with van der Waals surface area (Å²) in [4.78, 5) is 0. The molecule has 0 fully saturated rings. The van der Waals surface area contributed by atoms with Gasteiger partial charge in [-0.1, -0.05) is 23.7 Å². The van der Waals surface area contributed by atoms with Gasteiger partial charge in [-0.05, 0) is 31.2 Å². The van der Waals surface area contributed by atoms with E-state index in [1.807, 2.05) is 24.3 Å². The lowest BCUT2D eigenvalue weighted by Gasteiger charge is -2.00. The highest BCUT2D eigenvalue weighted by molar-refractivity contribution is 6.30. The Labute approximate surface area is 72.4 Å². The quantitative estimate of drug-likeness (QED) is 0.730. The Morgan fingerprint density at radius 2 is 2.27 bits per heavy atom. The first-order chi connectivity index (χ1) is 5.33. The van der Waals surface area contributed by atoms with E-state index in [9.17, 15) is 0 Å². The molecule has 0 saturated heterocycles. The third kappa shape index (κ3) is 2.91. The van der Waals surface area contributed by atoms with E-state index in [4.69, 9.17) is 11.6 Å². The van der Waals surface area contributed by atoms with Gasteiger partial charge in [-0.2, -0.15) is 0 Å². The van der Waals surface area contributed by atoms with Crippen LogP contribution < -0.4 is 5.32 Å². The standard InChI is InChI=1S/C9H11ClN/c1-2-11-7-8-4-3-5-9(10)6-8/h3-6,11H,1-2,7H2.